The molecule has 3 atom stereocenters. The first-order valence-corrected chi connectivity index (χ1v) is 19.9. The number of anilines is 3. The van der Waals surface area contributed by atoms with Gasteiger partial charge in [0.05, 0.1) is 6.17 Å². The van der Waals surface area contributed by atoms with Crippen LogP contribution in [-0.2, 0) is 0 Å². The third-order valence-corrected chi connectivity index (χ3v) is 11.5. The molecule has 0 saturated carbocycles. The number of hydrogen-bond donors (Lipinski definition) is 2. The van der Waals surface area contributed by atoms with Gasteiger partial charge in [-0.25, -0.2) is 0 Å². The van der Waals surface area contributed by atoms with Gasteiger partial charge in [0.15, 0.2) is 0 Å². The molecule has 0 amide bonds. The van der Waals surface area contributed by atoms with E-state index < -0.39 is 0 Å². The smallest absolute Gasteiger partial charge is 0.143 e. The lowest BCUT2D eigenvalue weighted by atomic mass is 9.95. The van der Waals surface area contributed by atoms with Crippen molar-refractivity contribution < 1.29 is 4.42 Å². The van der Waals surface area contributed by atoms with Crippen molar-refractivity contribution in [2.24, 2.45) is 0 Å². The predicted molar refractivity (Wildman–Crippen MR) is 240 cm³/mol. The SMILES string of the molecule is c1ccc(C2NC(c3ccc4c(c3)oc3c5ccccc5c(-c5ccc(N(c6ccccc6)c6ccccc6)cc5)cc43)[N-]C(c3cccc4ccccc34)N2)cc1. The van der Waals surface area contributed by atoms with Gasteiger partial charge in [0.1, 0.15) is 11.2 Å². The second-order valence-electron chi connectivity index (χ2n) is 15.0. The lowest BCUT2D eigenvalue weighted by Crippen LogP contribution is -2.44. The first kappa shape index (κ1) is 34.2. The molecule has 1 aliphatic rings. The van der Waals surface area contributed by atoms with E-state index in [4.69, 9.17) is 9.73 Å². The average molecular weight is 748 g/mol. The Kier molecular flexibility index (Phi) is 8.55. The molecule has 0 spiro atoms. The van der Waals surface area contributed by atoms with Crippen LogP contribution < -0.4 is 15.5 Å². The van der Waals surface area contributed by atoms with Gasteiger partial charge in [-0.1, -0.05) is 170 Å². The standard InChI is InChI=1S/C53H39N4O/c1-4-16-37(17-5-1)51-54-52(56-53(55-51)46-26-14-18-35-15-10-11-23-42(35)46)38-29-32-44-48-34-47(43-24-12-13-25-45(43)50(48)58-49(44)33-38)36-27-30-41(31-28-36)57(39-19-6-2-7-20-39)40-21-8-3-9-22-40/h1-34,51-55H/q-1. The minimum absolute atomic E-state index is 0.107. The fraction of sp³-hybridized carbons (Fsp3) is 0.0566. The van der Waals surface area contributed by atoms with E-state index in [-0.39, 0.29) is 18.5 Å². The second kappa shape index (κ2) is 14.5. The Morgan fingerprint density at radius 3 is 1.78 bits per heavy atom. The first-order valence-electron chi connectivity index (χ1n) is 19.9. The molecular formula is C53H39N4O-. The fourth-order valence-corrected chi connectivity index (χ4v) is 8.69. The van der Waals surface area contributed by atoms with Crippen molar-refractivity contribution in [1.29, 1.82) is 0 Å². The van der Waals surface area contributed by atoms with Gasteiger partial charge in [0, 0.05) is 33.2 Å². The van der Waals surface area contributed by atoms with E-state index >= 15 is 0 Å². The first-order chi connectivity index (χ1) is 28.7. The van der Waals surface area contributed by atoms with E-state index in [2.05, 4.69) is 222 Å². The average Bonchev–Trinajstić information content (AvgIpc) is 3.68. The molecule has 2 heterocycles. The van der Waals surface area contributed by atoms with Crippen molar-refractivity contribution in [3.63, 3.8) is 0 Å². The molecule has 0 radical (unpaired) electrons. The normalized spacial score (nSPS) is 16.9. The maximum atomic E-state index is 6.83. The molecule has 0 bridgehead atoms. The fourth-order valence-electron chi connectivity index (χ4n) is 8.69. The summed E-state index contributed by atoms with van der Waals surface area (Å²) in [5, 5.41) is 19.8. The van der Waals surface area contributed by atoms with Crippen LogP contribution in [-0.4, -0.2) is 0 Å². The largest absolute Gasteiger partial charge is 0.624 e. The molecule has 58 heavy (non-hydrogen) atoms. The van der Waals surface area contributed by atoms with Gasteiger partial charge in [-0.3, -0.25) is 0 Å². The Hall–Kier alpha value is -7.02. The Morgan fingerprint density at radius 2 is 1.03 bits per heavy atom. The van der Waals surface area contributed by atoms with Crippen LogP contribution in [0.1, 0.15) is 35.2 Å². The molecule has 1 aliphatic heterocycles. The predicted octanol–water partition coefficient (Wildman–Crippen LogP) is 14.0. The van der Waals surface area contributed by atoms with Crippen LogP contribution in [0.4, 0.5) is 17.1 Å². The Balaban J connectivity index is 0.984. The number of rotatable bonds is 7. The molecule has 11 rings (SSSR count). The lowest BCUT2D eigenvalue weighted by molar-refractivity contribution is 0.317. The molecule has 278 valence electrons. The van der Waals surface area contributed by atoms with Crippen LogP contribution in [0.3, 0.4) is 0 Å². The monoisotopic (exact) mass is 747 g/mol. The highest BCUT2D eigenvalue weighted by Crippen LogP contribution is 2.44. The summed E-state index contributed by atoms with van der Waals surface area (Å²) in [5.41, 5.74) is 10.8. The summed E-state index contributed by atoms with van der Waals surface area (Å²) in [6.45, 7) is 0. The van der Waals surface area contributed by atoms with Crippen LogP contribution in [0.2, 0.25) is 0 Å². The number of fused-ring (bicyclic) bond motifs is 6. The second-order valence-corrected chi connectivity index (χ2v) is 15.0. The summed E-state index contributed by atoms with van der Waals surface area (Å²) in [5.74, 6) is 0. The number of furan rings is 1. The lowest BCUT2D eigenvalue weighted by Gasteiger charge is -2.50. The Morgan fingerprint density at radius 1 is 0.431 bits per heavy atom. The minimum atomic E-state index is -0.273. The summed E-state index contributed by atoms with van der Waals surface area (Å²) in [6, 6.07) is 73.0. The van der Waals surface area contributed by atoms with E-state index in [0.29, 0.717) is 0 Å². The Bertz CT molecular complexity index is 3010. The maximum Gasteiger partial charge on any atom is 0.143 e. The molecule has 0 aliphatic carbocycles. The van der Waals surface area contributed by atoms with Crippen molar-refractivity contribution in [2.75, 3.05) is 4.90 Å². The van der Waals surface area contributed by atoms with Gasteiger partial charge < -0.3 is 25.3 Å². The highest BCUT2D eigenvalue weighted by atomic mass is 16.3. The molecule has 5 nitrogen and oxygen atoms in total. The molecule has 9 aromatic carbocycles. The third kappa shape index (κ3) is 6.10. The van der Waals surface area contributed by atoms with E-state index in [9.17, 15) is 0 Å². The van der Waals surface area contributed by atoms with Crippen LogP contribution in [0, 0.1) is 0 Å². The number of nitrogens with one attached hydrogen (secondary N) is 2. The van der Waals surface area contributed by atoms with Crippen LogP contribution in [0.15, 0.2) is 211 Å². The number of nitrogens with zero attached hydrogens (tertiary/aromatic N) is 2. The molecule has 1 aromatic heterocycles. The molecular weight excluding hydrogens is 709 g/mol. The molecule has 5 heteroatoms. The van der Waals surface area contributed by atoms with Crippen LogP contribution in [0.25, 0.3) is 59.9 Å². The molecule has 3 unspecified atom stereocenters. The molecule has 10 aromatic rings. The topological polar surface area (TPSA) is 54.5 Å². The molecule has 2 N–H and O–H groups in total. The summed E-state index contributed by atoms with van der Waals surface area (Å²) in [4.78, 5) is 2.29. The minimum Gasteiger partial charge on any atom is -0.624 e. The van der Waals surface area contributed by atoms with Gasteiger partial charge >= 0.3 is 0 Å². The van der Waals surface area contributed by atoms with Crippen molar-refractivity contribution in [3.05, 3.63) is 228 Å². The quantitative estimate of drug-likeness (QED) is 0.170. The Labute approximate surface area is 337 Å². The van der Waals surface area contributed by atoms with E-state index in [1.165, 1.54) is 16.3 Å². The van der Waals surface area contributed by atoms with Crippen molar-refractivity contribution >= 4 is 60.5 Å². The van der Waals surface area contributed by atoms with Gasteiger partial charge in [-0.2, -0.15) is 0 Å². The highest BCUT2D eigenvalue weighted by Gasteiger charge is 2.24. The zero-order valence-corrected chi connectivity index (χ0v) is 31.7. The summed E-state index contributed by atoms with van der Waals surface area (Å²) in [6.07, 6.45) is -0.603. The van der Waals surface area contributed by atoms with E-state index in [1.54, 1.807) is 0 Å². The molecule has 1 saturated heterocycles. The van der Waals surface area contributed by atoms with Crippen LogP contribution >= 0.6 is 0 Å². The van der Waals surface area contributed by atoms with Gasteiger partial charge in [0.2, 0.25) is 0 Å². The zero-order valence-electron chi connectivity index (χ0n) is 31.7. The summed E-state index contributed by atoms with van der Waals surface area (Å²) >= 11 is 0. The zero-order chi connectivity index (χ0) is 38.4. The van der Waals surface area contributed by atoms with Crippen molar-refractivity contribution in [2.45, 2.75) is 18.5 Å². The highest BCUT2D eigenvalue weighted by molar-refractivity contribution is 6.19. The maximum absolute atomic E-state index is 6.83. The van der Waals surface area contributed by atoms with E-state index in [0.717, 1.165) is 72.0 Å². The molecule has 1 fully saturated rings. The summed E-state index contributed by atoms with van der Waals surface area (Å²) in [7, 11) is 0. The van der Waals surface area contributed by atoms with Crippen molar-refractivity contribution in [1.82, 2.24) is 10.6 Å². The van der Waals surface area contributed by atoms with E-state index in [1.807, 2.05) is 0 Å². The van der Waals surface area contributed by atoms with Crippen molar-refractivity contribution in [3.8, 4) is 11.1 Å². The summed E-state index contributed by atoms with van der Waals surface area (Å²) < 4.78 is 6.83. The van der Waals surface area contributed by atoms with Gasteiger partial charge in [0.25, 0.3) is 0 Å². The number of para-hydroxylation sites is 2. The number of hydrogen-bond acceptors (Lipinski definition) is 4. The van der Waals surface area contributed by atoms with Crippen LogP contribution in [0.5, 0.6) is 0 Å². The third-order valence-electron chi connectivity index (χ3n) is 11.5. The van der Waals surface area contributed by atoms with Gasteiger partial charge in [-0.15, -0.1) is 0 Å². The number of benzene rings is 9. The van der Waals surface area contributed by atoms with Gasteiger partial charge in [-0.05, 0) is 92.5 Å².